The van der Waals surface area contributed by atoms with Crippen molar-refractivity contribution in [2.75, 3.05) is 0 Å². The fourth-order valence-corrected chi connectivity index (χ4v) is 3.20. The zero-order chi connectivity index (χ0) is 18.0. The van der Waals surface area contributed by atoms with Crippen molar-refractivity contribution >= 4 is 29.0 Å². The maximum Gasteiger partial charge on any atom is 0.416 e. The molecule has 0 saturated carbocycles. The Kier molecular flexibility index (Phi) is 4.67. The standard InChI is InChI=1S/C18H12F3NO2S/c19-18(20,21)14-8-4-7-13(9-14)10-15-16(23)22(17(24)25-15)11-12-5-2-1-3-6-12/h1-10H,11H2/b15-10-. The van der Waals surface area contributed by atoms with E-state index in [1.165, 1.54) is 18.2 Å². The lowest BCUT2D eigenvalue weighted by Gasteiger charge is -2.12. The van der Waals surface area contributed by atoms with Gasteiger partial charge in [0.2, 0.25) is 0 Å². The predicted octanol–water partition coefficient (Wildman–Crippen LogP) is 4.94. The van der Waals surface area contributed by atoms with Crippen molar-refractivity contribution in [3.8, 4) is 0 Å². The lowest BCUT2D eigenvalue weighted by atomic mass is 10.1. The number of alkyl halides is 3. The highest BCUT2D eigenvalue weighted by atomic mass is 32.2. The summed E-state index contributed by atoms with van der Waals surface area (Å²) >= 11 is 0.727. The van der Waals surface area contributed by atoms with Gasteiger partial charge in [0, 0.05) is 0 Å². The van der Waals surface area contributed by atoms with E-state index in [1.54, 1.807) is 24.3 Å². The third-order valence-electron chi connectivity index (χ3n) is 3.57. The molecule has 0 N–H and O–H groups in total. The van der Waals surface area contributed by atoms with Gasteiger partial charge in [-0.15, -0.1) is 0 Å². The molecule has 1 saturated heterocycles. The highest BCUT2D eigenvalue weighted by Crippen LogP contribution is 2.34. The molecule has 1 aliphatic heterocycles. The van der Waals surface area contributed by atoms with Crippen LogP contribution in [0.5, 0.6) is 0 Å². The van der Waals surface area contributed by atoms with Crippen LogP contribution in [0.3, 0.4) is 0 Å². The van der Waals surface area contributed by atoms with E-state index in [1.807, 2.05) is 6.07 Å². The van der Waals surface area contributed by atoms with Crippen molar-refractivity contribution in [2.24, 2.45) is 0 Å². The Morgan fingerprint density at radius 3 is 2.40 bits per heavy atom. The molecule has 0 unspecified atom stereocenters. The number of rotatable bonds is 3. The van der Waals surface area contributed by atoms with Crippen molar-refractivity contribution < 1.29 is 22.8 Å². The van der Waals surface area contributed by atoms with Gasteiger partial charge in [0.1, 0.15) is 0 Å². The minimum atomic E-state index is -4.46. The number of amides is 2. The highest BCUT2D eigenvalue weighted by molar-refractivity contribution is 8.18. The normalized spacial score (nSPS) is 16.8. The maximum absolute atomic E-state index is 12.8. The zero-order valence-corrected chi connectivity index (χ0v) is 13.6. The van der Waals surface area contributed by atoms with Gasteiger partial charge >= 0.3 is 6.18 Å². The summed E-state index contributed by atoms with van der Waals surface area (Å²) in [6.07, 6.45) is -3.15. The van der Waals surface area contributed by atoms with E-state index in [0.717, 1.165) is 34.4 Å². The number of benzene rings is 2. The smallest absolute Gasteiger partial charge is 0.268 e. The van der Waals surface area contributed by atoms with Crippen LogP contribution in [0.2, 0.25) is 0 Å². The first-order valence-corrected chi connectivity index (χ1v) is 8.13. The van der Waals surface area contributed by atoms with Crippen molar-refractivity contribution in [1.82, 2.24) is 4.90 Å². The first-order chi connectivity index (χ1) is 11.8. The average Bonchev–Trinajstić information content (AvgIpc) is 2.83. The summed E-state index contributed by atoms with van der Waals surface area (Å²) in [6, 6.07) is 13.6. The summed E-state index contributed by atoms with van der Waals surface area (Å²) in [4.78, 5) is 25.7. The van der Waals surface area contributed by atoms with Gasteiger partial charge in [-0.05, 0) is 41.1 Å². The van der Waals surface area contributed by atoms with Gasteiger partial charge in [-0.25, -0.2) is 0 Å². The van der Waals surface area contributed by atoms with Crippen molar-refractivity contribution in [2.45, 2.75) is 12.7 Å². The minimum absolute atomic E-state index is 0.111. The van der Waals surface area contributed by atoms with Crippen LogP contribution in [-0.4, -0.2) is 16.0 Å². The molecule has 3 rings (SSSR count). The third-order valence-corrected chi connectivity index (χ3v) is 4.48. The Bertz CT molecular complexity index is 847. The molecule has 3 nitrogen and oxygen atoms in total. The molecule has 7 heteroatoms. The van der Waals surface area contributed by atoms with Gasteiger partial charge in [0.05, 0.1) is 17.0 Å². The molecule has 2 aromatic rings. The Labute approximate surface area is 146 Å². The van der Waals surface area contributed by atoms with E-state index in [2.05, 4.69) is 0 Å². The van der Waals surface area contributed by atoms with E-state index in [4.69, 9.17) is 0 Å². The number of hydrogen-bond acceptors (Lipinski definition) is 3. The van der Waals surface area contributed by atoms with Crippen LogP contribution >= 0.6 is 11.8 Å². The topological polar surface area (TPSA) is 37.4 Å². The molecule has 1 aliphatic rings. The Morgan fingerprint density at radius 2 is 1.72 bits per heavy atom. The van der Waals surface area contributed by atoms with E-state index in [-0.39, 0.29) is 17.0 Å². The highest BCUT2D eigenvalue weighted by Gasteiger charge is 2.35. The van der Waals surface area contributed by atoms with Crippen molar-refractivity contribution in [3.05, 3.63) is 76.2 Å². The predicted molar refractivity (Wildman–Crippen MR) is 89.4 cm³/mol. The van der Waals surface area contributed by atoms with Gasteiger partial charge in [-0.2, -0.15) is 13.2 Å². The van der Waals surface area contributed by atoms with Crippen LogP contribution in [0, 0.1) is 0 Å². The quantitative estimate of drug-likeness (QED) is 0.725. The fraction of sp³-hybridized carbons (Fsp3) is 0.111. The molecule has 0 radical (unpaired) electrons. The van der Waals surface area contributed by atoms with Crippen LogP contribution < -0.4 is 0 Å². The van der Waals surface area contributed by atoms with Crippen molar-refractivity contribution in [3.63, 3.8) is 0 Å². The second kappa shape index (κ2) is 6.76. The van der Waals surface area contributed by atoms with Gasteiger partial charge in [0.15, 0.2) is 0 Å². The van der Waals surface area contributed by atoms with Crippen LogP contribution in [-0.2, 0) is 17.5 Å². The third kappa shape index (κ3) is 3.93. The van der Waals surface area contributed by atoms with E-state index >= 15 is 0 Å². The van der Waals surface area contributed by atoms with E-state index < -0.39 is 22.9 Å². The van der Waals surface area contributed by atoms with Gasteiger partial charge in [0.25, 0.3) is 11.1 Å². The maximum atomic E-state index is 12.8. The molecule has 2 aromatic carbocycles. The average molecular weight is 363 g/mol. The Morgan fingerprint density at radius 1 is 1.00 bits per heavy atom. The number of carbonyl (C=O) groups is 2. The first-order valence-electron chi connectivity index (χ1n) is 7.31. The molecule has 0 spiro atoms. The van der Waals surface area contributed by atoms with Crippen LogP contribution in [0.25, 0.3) is 6.08 Å². The number of carbonyl (C=O) groups excluding carboxylic acids is 2. The second-order valence-corrected chi connectivity index (χ2v) is 6.37. The lowest BCUT2D eigenvalue weighted by Crippen LogP contribution is -2.27. The number of imide groups is 1. The zero-order valence-electron chi connectivity index (χ0n) is 12.8. The van der Waals surface area contributed by atoms with Crippen LogP contribution in [0.1, 0.15) is 16.7 Å². The van der Waals surface area contributed by atoms with E-state index in [9.17, 15) is 22.8 Å². The molecular weight excluding hydrogens is 351 g/mol. The summed E-state index contributed by atoms with van der Waals surface area (Å²) in [5, 5.41) is -0.438. The van der Waals surface area contributed by atoms with E-state index in [0.29, 0.717) is 0 Å². The summed E-state index contributed by atoms with van der Waals surface area (Å²) in [5.74, 6) is -0.503. The monoisotopic (exact) mass is 363 g/mol. The van der Waals surface area contributed by atoms with Gasteiger partial charge < -0.3 is 0 Å². The largest absolute Gasteiger partial charge is 0.416 e. The number of thioether (sulfide) groups is 1. The molecule has 0 aliphatic carbocycles. The molecule has 25 heavy (non-hydrogen) atoms. The number of nitrogens with zero attached hydrogens (tertiary/aromatic N) is 1. The minimum Gasteiger partial charge on any atom is -0.268 e. The molecule has 1 fully saturated rings. The van der Waals surface area contributed by atoms with Gasteiger partial charge in [-0.1, -0.05) is 42.5 Å². The molecule has 0 aromatic heterocycles. The summed E-state index contributed by atoms with van der Waals surface area (Å²) < 4.78 is 38.3. The fourth-order valence-electron chi connectivity index (χ4n) is 2.36. The summed E-state index contributed by atoms with van der Waals surface area (Å²) in [6.45, 7) is 0.130. The SMILES string of the molecule is O=C1S/C(=C\c2cccc(C(F)(F)F)c2)C(=O)N1Cc1ccccc1. The molecule has 0 atom stereocenters. The first kappa shape index (κ1) is 17.3. The van der Waals surface area contributed by atoms with Gasteiger partial charge in [-0.3, -0.25) is 14.5 Å². The molecule has 0 bridgehead atoms. The van der Waals surface area contributed by atoms with Crippen LogP contribution in [0.15, 0.2) is 59.5 Å². The number of hydrogen-bond donors (Lipinski definition) is 0. The Balaban J connectivity index is 1.83. The Hall–Kier alpha value is -2.54. The van der Waals surface area contributed by atoms with Crippen molar-refractivity contribution in [1.29, 1.82) is 0 Å². The summed E-state index contributed by atoms with van der Waals surface area (Å²) in [7, 11) is 0. The molecule has 128 valence electrons. The second-order valence-electron chi connectivity index (χ2n) is 5.38. The summed E-state index contributed by atoms with van der Waals surface area (Å²) in [5.41, 5.74) is 0.218. The molecular formula is C18H12F3NO2S. The number of halogens is 3. The van der Waals surface area contributed by atoms with Crippen LogP contribution in [0.4, 0.5) is 18.0 Å². The molecule has 2 amide bonds. The lowest BCUT2D eigenvalue weighted by molar-refractivity contribution is -0.137. The molecule has 1 heterocycles.